The zero-order chi connectivity index (χ0) is 15.6. The predicted molar refractivity (Wildman–Crippen MR) is 90.4 cm³/mol. The molecule has 2 rings (SSSR count). The highest BCUT2D eigenvalue weighted by molar-refractivity contribution is 9.11. The highest BCUT2D eigenvalue weighted by atomic mass is 79.9. The molecule has 0 fully saturated rings. The van der Waals surface area contributed by atoms with Gasteiger partial charge >= 0.3 is 0 Å². The third-order valence-corrected chi connectivity index (χ3v) is 4.93. The highest BCUT2D eigenvalue weighted by Crippen LogP contribution is 2.34. The van der Waals surface area contributed by atoms with E-state index in [-0.39, 0.29) is 17.6 Å². The van der Waals surface area contributed by atoms with Gasteiger partial charge in [0.15, 0.2) is 11.6 Å². The van der Waals surface area contributed by atoms with Crippen LogP contribution in [0.2, 0.25) is 0 Å². The summed E-state index contributed by atoms with van der Waals surface area (Å²) in [6, 6.07) is 8.97. The molecular weight excluding hydrogens is 401 g/mol. The van der Waals surface area contributed by atoms with Crippen LogP contribution in [0.5, 0.6) is 5.75 Å². The van der Waals surface area contributed by atoms with Crippen LogP contribution in [0.25, 0.3) is 0 Å². The number of nitrogens with one attached hydrogen (secondary N) is 1. The van der Waals surface area contributed by atoms with Gasteiger partial charge < -0.3 is 10.1 Å². The summed E-state index contributed by atoms with van der Waals surface area (Å²) in [6.07, 6.45) is 0. The molecule has 0 saturated carbocycles. The summed E-state index contributed by atoms with van der Waals surface area (Å²) >= 11 is 7.16. The number of hydrogen-bond acceptors (Lipinski definition) is 2. The Morgan fingerprint density at radius 2 is 1.86 bits per heavy atom. The second-order valence-corrected chi connectivity index (χ2v) is 6.45. The summed E-state index contributed by atoms with van der Waals surface area (Å²) in [5, 5.41) is 3.26. The highest BCUT2D eigenvalue weighted by Gasteiger charge is 2.18. The van der Waals surface area contributed by atoms with Crippen LogP contribution >= 0.6 is 31.9 Å². The fourth-order valence-corrected chi connectivity index (χ4v) is 3.29. The Bertz CT molecular complexity index is 661. The van der Waals surface area contributed by atoms with Crippen LogP contribution in [0.15, 0.2) is 39.3 Å². The molecule has 0 aliphatic carbocycles. The quantitative estimate of drug-likeness (QED) is 0.759. The van der Waals surface area contributed by atoms with Gasteiger partial charge in [-0.25, -0.2) is 4.39 Å². The van der Waals surface area contributed by atoms with Gasteiger partial charge in [-0.15, -0.1) is 0 Å². The molecule has 0 heterocycles. The van der Waals surface area contributed by atoms with Gasteiger partial charge in [0.25, 0.3) is 0 Å². The molecule has 0 spiro atoms. The molecule has 0 amide bonds. The maximum Gasteiger partial charge on any atom is 0.165 e. The standard InChI is InChI=1S/C16H16Br2FNO/c1-9-6-13(18)11(8-12(9)17)16(20-2)10-4-5-14(19)15(7-10)21-3/h4-8,16,20H,1-3H3. The van der Waals surface area contributed by atoms with Crippen molar-refractivity contribution in [2.24, 2.45) is 0 Å². The second-order valence-electron chi connectivity index (χ2n) is 4.74. The van der Waals surface area contributed by atoms with Crippen molar-refractivity contribution in [3.05, 3.63) is 61.8 Å². The van der Waals surface area contributed by atoms with Crippen molar-refractivity contribution in [3.63, 3.8) is 0 Å². The van der Waals surface area contributed by atoms with E-state index in [1.165, 1.54) is 13.2 Å². The van der Waals surface area contributed by atoms with Gasteiger partial charge in [-0.2, -0.15) is 0 Å². The topological polar surface area (TPSA) is 21.3 Å². The van der Waals surface area contributed by atoms with E-state index in [2.05, 4.69) is 49.3 Å². The summed E-state index contributed by atoms with van der Waals surface area (Å²) in [5.41, 5.74) is 3.16. The van der Waals surface area contributed by atoms with Crippen LogP contribution in [0.1, 0.15) is 22.7 Å². The minimum Gasteiger partial charge on any atom is -0.494 e. The van der Waals surface area contributed by atoms with Crippen LogP contribution in [0.3, 0.4) is 0 Å². The minimum absolute atomic E-state index is 0.0641. The number of ether oxygens (including phenoxy) is 1. The summed E-state index contributed by atoms with van der Waals surface area (Å²) in [4.78, 5) is 0. The van der Waals surface area contributed by atoms with Gasteiger partial charge in [0.1, 0.15) is 0 Å². The van der Waals surface area contributed by atoms with Gasteiger partial charge in [-0.3, -0.25) is 0 Å². The van der Waals surface area contributed by atoms with Crippen molar-refractivity contribution in [2.45, 2.75) is 13.0 Å². The van der Waals surface area contributed by atoms with E-state index < -0.39 is 0 Å². The average Bonchev–Trinajstić information content (AvgIpc) is 2.46. The first-order valence-electron chi connectivity index (χ1n) is 6.44. The molecule has 0 bridgehead atoms. The Kier molecular flexibility index (Phi) is 5.41. The van der Waals surface area contributed by atoms with Gasteiger partial charge in [-0.1, -0.05) is 37.9 Å². The third-order valence-electron chi connectivity index (χ3n) is 3.39. The summed E-state index contributed by atoms with van der Waals surface area (Å²) in [5.74, 6) is -0.115. The summed E-state index contributed by atoms with van der Waals surface area (Å²) in [6.45, 7) is 2.04. The molecular formula is C16H16Br2FNO. The number of hydrogen-bond donors (Lipinski definition) is 1. The molecule has 0 aromatic heterocycles. The number of benzene rings is 2. The lowest BCUT2D eigenvalue weighted by atomic mass is 9.97. The first kappa shape index (κ1) is 16.5. The largest absolute Gasteiger partial charge is 0.494 e. The van der Waals surface area contributed by atoms with Gasteiger partial charge in [0, 0.05) is 8.95 Å². The van der Waals surface area contributed by atoms with E-state index in [0.717, 1.165) is 25.6 Å². The first-order chi connectivity index (χ1) is 9.97. The number of aryl methyl sites for hydroxylation is 1. The summed E-state index contributed by atoms with van der Waals surface area (Å²) in [7, 11) is 3.34. The Labute approximate surface area is 141 Å². The molecule has 0 aliphatic heterocycles. The van der Waals surface area contributed by atoms with Crippen molar-refractivity contribution in [1.29, 1.82) is 0 Å². The summed E-state index contributed by atoms with van der Waals surface area (Å²) < 4.78 is 20.7. The molecule has 21 heavy (non-hydrogen) atoms. The second kappa shape index (κ2) is 6.90. The SMILES string of the molecule is CNC(c1ccc(F)c(OC)c1)c1cc(Br)c(C)cc1Br. The van der Waals surface area contributed by atoms with Crippen molar-refractivity contribution in [1.82, 2.24) is 5.32 Å². The fraction of sp³-hybridized carbons (Fsp3) is 0.250. The molecule has 0 saturated heterocycles. The van der Waals surface area contributed by atoms with Gasteiger partial charge in [0.05, 0.1) is 13.2 Å². The predicted octanol–water partition coefficient (Wildman–Crippen LogP) is 4.98. The Morgan fingerprint density at radius 3 is 2.48 bits per heavy atom. The Hall–Kier alpha value is -0.910. The van der Waals surface area contributed by atoms with Crippen LogP contribution in [0.4, 0.5) is 4.39 Å². The Balaban J connectivity index is 2.52. The van der Waals surface area contributed by atoms with Crippen molar-refractivity contribution in [3.8, 4) is 5.75 Å². The maximum atomic E-state index is 13.6. The first-order valence-corrected chi connectivity index (χ1v) is 8.02. The molecule has 0 aliphatic rings. The smallest absolute Gasteiger partial charge is 0.165 e. The molecule has 1 unspecified atom stereocenters. The lowest BCUT2D eigenvalue weighted by molar-refractivity contribution is 0.385. The average molecular weight is 417 g/mol. The van der Waals surface area contributed by atoms with Crippen LogP contribution in [-0.4, -0.2) is 14.2 Å². The van der Waals surface area contributed by atoms with E-state index in [0.29, 0.717) is 0 Å². The lowest BCUT2D eigenvalue weighted by Crippen LogP contribution is -2.18. The molecule has 1 N–H and O–H groups in total. The van der Waals surface area contributed by atoms with Crippen LogP contribution < -0.4 is 10.1 Å². The molecule has 5 heteroatoms. The van der Waals surface area contributed by atoms with Gasteiger partial charge in [0.2, 0.25) is 0 Å². The fourth-order valence-electron chi connectivity index (χ4n) is 2.24. The van der Waals surface area contributed by atoms with E-state index >= 15 is 0 Å². The van der Waals surface area contributed by atoms with E-state index in [1.54, 1.807) is 12.1 Å². The lowest BCUT2D eigenvalue weighted by Gasteiger charge is -2.20. The zero-order valence-electron chi connectivity index (χ0n) is 12.0. The van der Waals surface area contributed by atoms with E-state index in [1.807, 2.05) is 14.0 Å². The molecule has 2 aromatic rings. The van der Waals surface area contributed by atoms with Crippen molar-refractivity contribution in [2.75, 3.05) is 14.2 Å². The number of rotatable bonds is 4. The monoisotopic (exact) mass is 415 g/mol. The molecule has 0 radical (unpaired) electrons. The van der Waals surface area contributed by atoms with E-state index in [4.69, 9.17) is 4.74 Å². The molecule has 2 nitrogen and oxygen atoms in total. The van der Waals surface area contributed by atoms with Crippen molar-refractivity contribution < 1.29 is 9.13 Å². The van der Waals surface area contributed by atoms with Gasteiger partial charge in [-0.05, 0) is 54.9 Å². The van der Waals surface area contributed by atoms with Crippen LogP contribution in [-0.2, 0) is 0 Å². The Morgan fingerprint density at radius 1 is 1.14 bits per heavy atom. The number of methoxy groups -OCH3 is 1. The third kappa shape index (κ3) is 3.47. The molecule has 1 atom stereocenters. The van der Waals surface area contributed by atoms with Crippen LogP contribution in [0, 0.1) is 12.7 Å². The number of halogens is 3. The molecule has 2 aromatic carbocycles. The van der Waals surface area contributed by atoms with Crippen molar-refractivity contribution >= 4 is 31.9 Å². The zero-order valence-corrected chi connectivity index (χ0v) is 15.2. The van der Waals surface area contributed by atoms with E-state index in [9.17, 15) is 4.39 Å². The minimum atomic E-state index is -0.361. The molecule has 112 valence electrons. The normalized spacial score (nSPS) is 12.3. The maximum absolute atomic E-state index is 13.6.